The van der Waals surface area contributed by atoms with Gasteiger partial charge in [0, 0.05) is 4.90 Å². The van der Waals surface area contributed by atoms with Crippen LogP contribution in [0.4, 0.5) is 0 Å². The van der Waals surface area contributed by atoms with Crippen molar-refractivity contribution in [2.45, 2.75) is 36.5 Å². The largest absolute Gasteiger partial charge is 0.130 e. The van der Waals surface area contributed by atoms with Gasteiger partial charge in [0.25, 0.3) is 0 Å². The van der Waals surface area contributed by atoms with E-state index in [1.54, 1.807) is 0 Å². The summed E-state index contributed by atoms with van der Waals surface area (Å²) in [6, 6.07) is 51.0. The predicted molar refractivity (Wildman–Crippen MR) is 194 cm³/mol. The van der Waals surface area contributed by atoms with E-state index in [4.69, 9.17) is 0 Å². The van der Waals surface area contributed by atoms with Crippen LogP contribution in [-0.4, -0.2) is 6.26 Å². The number of hydrogen-bond acceptors (Lipinski definition) is 1. The molecule has 0 heterocycles. The average molecular weight is 595 g/mol. The molecular weight excluding hydrogens is 561 g/mol. The third kappa shape index (κ3) is 3.74. The summed E-state index contributed by atoms with van der Waals surface area (Å²) >= 11 is 1.82. The molecule has 1 heteroatoms. The van der Waals surface area contributed by atoms with Crippen LogP contribution in [0.2, 0.25) is 0 Å². The van der Waals surface area contributed by atoms with Gasteiger partial charge in [-0.3, -0.25) is 0 Å². The monoisotopic (exact) mass is 594 g/mol. The molecule has 0 N–H and O–H groups in total. The Morgan fingerprint density at radius 1 is 0.444 bits per heavy atom. The zero-order valence-corrected chi connectivity index (χ0v) is 26.9. The van der Waals surface area contributed by atoms with E-state index in [-0.39, 0.29) is 10.8 Å². The fraction of sp³-hybridized carbons (Fsp3) is 0.136. The first kappa shape index (κ1) is 26.8. The van der Waals surface area contributed by atoms with Crippen LogP contribution in [0.1, 0.15) is 48.6 Å². The van der Waals surface area contributed by atoms with E-state index >= 15 is 0 Å². The summed E-state index contributed by atoms with van der Waals surface area (Å²) in [5, 5.41) is 5.16. The van der Waals surface area contributed by atoms with Crippen molar-refractivity contribution < 1.29 is 0 Å². The molecule has 9 rings (SSSR count). The lowest BCUT2D eigenvalue weighted by Gasteiger charge is -2.31. The van der Waals surface area contributed by atoms with E-state index in [9.17, 15) is 0 Å². The lowest BCUT2D eigenvalue weighted by Crippen LogP contribution is -2.26. The molecule has 0 nitrogen and oxygen atoms in total. The Bertz CT molecular complexity index is 2300. The van der Waals surface area contributed by atoms with Gasteiger partial charge in [0.05, 0.1) is 5.41 Å². The highest BCUT2D eigenvalue weighted by molar-refractivity contribution is 7.98. The molecule has 0 unspecified atom stereocenters. The topological polar surface area (TPSA) is 0 Å². The quantitative estimate of drug-likeness (QED) is 0.142. The molecule has 2 aliphatic carbocycles. The van der Waals surface area contributed by atoms with E-state index in [1.165, 1.54) is 87.6 Å². The molecule has 216 valence electrons. The zero-order valence-electron chi connectivity index (χ0n) is 26.1. The number of thioether (sulfide) groups is 1. The maximum atomic E-state index is 2.49. The molecule has 0 atom stereocenters. The minimum absolute atomic E-state index is 0.134. The van der Waals surface area contributed by atoms with Crippen LogP contribution in [-0.2, 0) is 10.8 Å². The summed E-state index contributed by atoms with van der Waals surface area (Å²) in [6.45, 7) is 6.85. The van der Waals surface area contributed by atoms with Crippen molar-refractivity contribution in [3.8, 4) is 33.4 Å². The first-order valence-corrected chi connectivity index (χ1v) is 17.1. The van der Waals surface area contributed by atoms with Gasteiger partial charge >= 0.3 is 0 Å². The Labute approximate surface area is 269 Å². The Morgan fingerprint density at radius 2 is 0.978 bits per heavy atom. The van der Waals surface area contributed by atoms with Gasteiger partial charge < -0.3 is 0 Å². The third-order valence-electron chi connectivity index (χ3n) is 10.3. The fourth-order valence-corrected chi connectivity index (χ4v) is 8.51. The molecule has 0 bridgehead atoms. The van der Waals surface area contributed by atoms with Crippen LogP contribution in [0.3, 0.4) is 0 Å². The average Bonchev–Trinajstić information content (AvgIpc) is 3.53. The molecule has 7 aromatic carbocycles. The van der Waals surface area contributed by atoms with E-state index < -0.39 is 0 Å². The third-order valence-corrected chi connectivity index (χ3v) is 11.0. The minimum Gasteiger partial charge on any atom is -0.130 e. The molecule has 0 aromatic heterocycles. The highest BCUT2D eigenvalue weighted by Gasteiger charge is 2.51. The number of fused-ring (bicyclic) bond motifs is 12. The van der Waals surface area contributed by atoms with Gasteiger partial charge in [-0.15, -0.1) is 11.8 Å². The lowest BCUT2D eigenvalue weighted by atomic mass is 9.70. The highest BCUT2D eigenvalue weighted by atomic mass is 32.2. The molecule has 0 amide bonds. The standard InChI is InChI=1S/C44H34S/c1-43(2,3)33-17-15-29-22-31-21-27(13-14-28(31)23-32(29)24-33)30-16-19-37-38-20-18-34(45-4)26-42(38)44(41(37)25-30)39-11-7-5-9-35(39)36-10-6-8-12-40(36)44/h5-26H,1-4H3. The van der Waals surface area contributed by atoms with Gasteiger partial charge in [-0.05, 0) is 131 Å². The van der Waals surface area contributed by atoms with E-state index in [2.05, 4.69) is 160 Å². The number of hydrogen-bond donors (Lipinski definition) is 0. The van der Waals surface area contributed by atoms with Crippen LogP contribution in [0.5, 0.6) is 0 Å². The van der Waals surface area contributed by atoms with Crippen LogP contribution >= 0.6 is 11.8 Å². The van der Waals surface area contributed by atoms with Gasteiger partial charge in [0.15, 0.2) is 0 Å². The minimum atomic E-state index is -0.336. The van der Waals surface area contributed by atoms with E-state index in [0.717, 1.165) is 0 Å². The van der Waals surface area contributed by atoms with Crippen molar-refractivity contribution >= 4 is 33.3 Å². The molecule has 0 radical (unpaired) electrons. The molecule has 45 heavy (non-hydrogen) atoms. The van der Waals surface area contributed by atoms with Crippen molar-refractivity contribution in [1.29, 1.82) is 0 Å². The second-order valence-corrected chi connectivity index (χ2v) is 14.6. The van der Waals surface area contributed by atoms with Crippen LogP contribution in [0, 0.1) is 0 Å². The van der Waals surface area contributed by atoms with Crippen LogP contribution < -0.4 is 0 Å². The summed E-state index contributed by atoms with van der Waals surface area (Å²) in [5.74, 6) is 0. The smallest absolute Gasteiger partial charge is 0.0726 e. The van der Waals surface area contributed by atoms with Crippen LogP contribution in [0.25, 0.3) is 54.9 Å². The Hall–Kier alpha value is -4.59. The summed E-state index contributed by atoms with van der Waals surface area (Å²) in [7, 11) is 0. The van der Waals surface area contributed by atoms with Gasteiger partial charge in [-0.1, -0.05) is 118 Å². The first-order valence-electron chi connectivity index (χ1n) is 15.9. The normalized spacial score (nSPS) is 14.0. The second-order valence-electron chi connectivity index (χ2n) is 13.7. The van der Waals surface area contributed by atoms with Crippen molar-refractivity contribution in [2.75, 3.05) is 6.26 Å². The molecule has 1 spiro atoms. The zero-order chi connectivity index (χ0) is 30.5. The lowest BCUT2D eigenvalue weighted by molar-refractivity contribution is 0.591. The molecule has 2 aliphatic rings. The predicted octanol–water partition coefficient (Wildman–Crippen LogP) is 12.0. The summed E-state index contributed by atoms with van der Waals surface area (Å²) in [4.78, 5) is 1.30. The van der Waals surface area contributed by atoms with E-state index in [1.807, 2.05) is 11.8 Å². The molecule has 0 aliphatic heterocycles. The van der Waals surface area contributed by atoms with Gasteiger partial charge in [0.2, 0.25) is 0 Å². The SMILES string of the molecule is CSc1ccc2c(c1)C1(c3ccccc3-c3ccccc31)c1cc(-c3ccc4cc5cc(C(C)(C)C)ccc5cc4c3)ccc1-2. The summed E-state index contributed by atoms with van der Waals surface area (Å²) < 4.78 is 0. The Morgan fingerprint density at radius 3 is 1.64 bits per heavy atom. The molecule has 0 saturated heterocycles. The highest BCUT2D eigenvalue weighted by Crippen LogP contribution is 2.63. The molecule has 7 aromatic rings. The van der Waals surface area contributed by atoms with E-state index in [0.29, 0.717) is 0 Å². The van der Waals surface area contributed by atoms with Crippen molar-refractivity contribution in [2.24, 2.45) is 0 Å². The molecule has 0 saturated carbocycles. The number of rotatable bonds is 2. The maximum absolute atomic E-state index is 2.49. The van der Waals surface area contributed by atoms with Gasteiger partial charge in [-0.2, -0.15) is 0 Å². The Kier molecular flexibility index (Phi) is 5.63. The van der Waals surface area contributed by atoms with Gasteiger partial charge in [0.1, 0.15) is 0 Å². The van der Waals surface area contributed by atoms with Crippen molar-refractivity contribution in [3.63, 3.8) is 0 Å². The maximum Gasteiger partial charge on any atom is 0.0726 e. The first-order chi connectivity index (χ1) is 21.9. The van der Waals surface area contributed by atoms with Gasteiger partial charge in [-0.25, -0.2) is 0 Å². The summed E-state index contributed by atoms with van der Waals surface area (Å²) in [5.41, 5.74) is 14.6. The summed E-state index contributed by atoms with van der Waals surface area (Å²) in [6.07, 6.45) is 2.18. The molecular formula is C44H34S. The second kappa shape index (κ2) is 9.46. The van der Waals surface area contributed by atoms with Crippen LogP contribution in [0.15, 0.2) is 138 Å². The Balaban J connectivity index is 1.26. The fourth-order valence-electron chi connectivity index (χ4n) is 8.07. The van der Waals surface area contributed by atoms with Crippen molar-refractivity contribution in [1.82, 2.24) is 0 Å². The van der Waals surface area contributed by atoms with Crippen molar-refractivity contribution in [3.05, 3.63) is 161 Å². The number of benzene rings is 7. The molecule has 0 fully saturated rings.